The van der Waals surface area contributed by atoms with Crippen molar-refractivity contribution in [2.45, 2.75) is 6.54 Å². The van der Waals surface area contributed by atoms with Crippen LogP contribution in [0.25, 0.3) is 22.3 Å². The van der Waals surface area contributed by atoms with Gasteiger partial charge in [0.05, 0.1) is 6.33 Å². The molecule has 4 rings (SSSR count). The molecule has 0 N–H and O–H groups in total. The van der Waals surface area contributed by atoms with Gasteiger partial charge in [-0.05, 0) is 17.7 Å². The maximum absolute atomic E-state index is 5.99. The van der Waals surface area contributed by atoms with Gasteiger partial charge >= 0.3 is 0 Å². The quantitative estimate of drug-likeness (QED) is 0.556. The van der Waals surface area contributed by atoms with Crippen LogP contribution in [-0.2, 0) is 6.54 Å². The first kappa shape index (κ1) is 12.0. The predicted molar refractivity (Wildman–Crippen MR) is 83.0 cm³/mol. The largest absolute Gasteiger partial charge is 0.456 e. The molecule has 2 aromatic heterocycles. The summed E-state index contributed by atoms with van der Waals surface area (Å²) in [6, 6.07) is 18.5. The normalized spacial score (nSPS) is 11.0. The Balaban J connectivity index is 1.80. The van der Waals surface area contributed by atoms with Crippen LogP contribution in [0.1, 0.15) is 5.56 Å². The zero-order valence-electron chi connectivity index (χ0n) is 11.4. The highest BCUT2D eigenvalue weighted by molar-refractivity contribution is 5.83. The highest BCUT2D eigenvalue weighted by Crippen LogP contribution is 2.30. The van der Waals surface area contributed by atoms with E-state index < -0.39 is 0 Å². The van der Waals surface area contributed by atoms with Crippen LogP contribution in [0.4, 0.5) is 0 Å². The summed E-state index contributed by atoms with van der Waals surface area (Å²) < 4.78 is 8.05. The molecule has 3 heteroatoms. The van der Waals surface area contributed by atoms with E-state index in [1.54, 1.807) is 6.20 Å². The Morgan fingerprint density at radius 1 is 1.00 bits per heavy atom. The molecule has 0 atom stereocenters. The molecule has 0 radical (unpaired) electrons. The highest BCUT2D eigenvalue weighted by Gasteiger charge is 2.10. The number of nitrogens with zero attached hydrogens (tertiary/aromatic N) is 2. The van der Waals surface area contributed by atoms with E-state index in [-0.39, 0.29) is 0 Å². The Morgan fingerprint density at radius 3 is 2.71 bits per heavy atom. The summed E-state index contributed by atoms with van der Waals surface area (Å²) in [5.74, 6) is 0.909. The number of furan rings is 1. The zero-order valence-corrected chi connectivity index (χ0v) is 11.4. The Hall–Kier alpha value is -2.81. The average molecular weight is 274 g/mol. The van der Waals surface area contributed by atoms with Gasteiger partial charge in [0.1, 0.15) is 11.3 Å². The first-order valence-electron chi connectivity index (χ1n) is 6.93. The van der Waals surface area contributed by atoms with Gasteiger partial charge in [-0.1, -0.05) is 42.5 Å². The second-order valence-electron chi connectivity index (χ2n) is 5.04. The fraction of sp³-hybridized carbons (Fsp3) is 0.0556. The molecule has 0 aliphatic rings. The van der Waals surface area contributed by atoms with Crippen LogP contribution in [-0.4, -0.2) is 9.55 Å². The van der Waals surface area contributed by atoms with Gasteiger partial charge in [0.2, 0.25) is 0 Å². The van der Waals surface area contributed by atoms with E-state index in [0.717, 1.165) is 28.8 Å². The van der Waals surface area contributed by atoms with Crippen molar-refractivity contribution in [1.29, 1.82) is 0 Å². The van der Waals surface area contributed by atoms with Crippen LogP contribution in [0, 0.1) is 0 Å². The Morgan fingerprint density at radius 2 is 1.86 bits per heavy atom. The third kappa shape index (κ3) is 2.23. The standard InChI is InChI=1S/C18H14N2O/c1-3-7-16(15(6-1)12-20-10-9-19-13-20)18-11-14-5-2-4-8-17(14)21-18/h1-11,13H,12H2. The van der Waals surface area contributed by atoms with Crippen molar-refractivity contribution >= 4 is 11.0 Å². The van der Waals surface area contributed by atoms with Gasteiger partial charge in [0.15, 0.2) is 0 Å². The topological polar surface area (TPSA) is 31.0 Å². The van der Waals surface area contributed by atoms with Crippen molar-refractivity contribution in [3.05, 3.63) is 78.9 Å². The van der Waals surface area contributed by atoms with Crippen molar-refractivity contribution in [3.63, 3.8) is 0 Å². The van der Waals surface area contributed by atoms with Crippen LogP contribution in [0.2, 0.25) is 0 Å². The average Bonchev–Trinajstić information content (AvgIpc) is 3.16. The molecule has 3 nitrogen and oxygen atoms in total. The second-order valence-corrected chi connectivity index (χ2v) is 5.04. The minimum atomic E-state index is 0.785. The molecule has 102 valence electrons. The molecule has 0 spiro atoms. The molecule has 0 bridgehead atoms. The van der Waals surface area contributed by atoms with Gasteiger partial charge in [0.25, 0.3) is 0 Å². The highest BCUT2D eigenvalue weighted by atomic mass is 16.3. The van der Waals surface area contributed by atoms with Gasteiger partial charge < -0.3 is 8.98 Å². The number of fused-ring (bicyclic) bond motifs is 1. The van der Waals surface area contributed by atoms with Crippen LogP contribution in [0.15, 0.2) is 77.7 Å². The molecular weight excluding hydrogens is 260 g/mol. The fourth-order valence-corrected chi connectivity index (χ4v) is 2.59. The van der Waals surface area contributed by atoms with Gasteiger partial charge in [0, 0.05) is 29.9 Å². The molecule has 0 fully saturated rings. The first-order valence-corrected chi connectivity index (χ1v) is 6.93. The van der Waals surface area contributed by atoms with Crippen molar-refractivity contribution in [3.8, 4) is 11.3 Å². The van der Waals surface area contributed by atoms with E-state index >= 15 is 0 Å². The van der Waals surface area contributed by atoms with Crippen molar-refractivity contribution in [2.24, 2.45) is 0 Å². The molecule has 0 unspecified atom stereocenters. The zero-order chi connectivity index (χ0) is 14.1. The summed E-state index contributed by atoms with van der Waals surface area (Å²) in [7, 11) is 0. The summed E-state index contributed by atoms with van der Waals surface area (Å²) in [6.45, 7) is 0.785. The number of para-hydroxylation sites is 1. The third-order valence-corrected chi connectivity index (χ3v) is 3.62. The van der Waals surface area contributed by atoms with Gasteiger partial charge in [-0.3, -0.25) is 0 Å². The number of imidazole rings is 1. The minimum absolute atomic E-state index is 0.785. The molecular formula is C18H14N2O. The van der Waals surface area contributed by atoms with E-state index in [1.807, 2.05) is 36.8 Å². The van der Waals surface area contributed by atoms with Gasteiger partial charge in [-0.25, -0.2) is 4.98 Å². The van der Waals surface area contributed by atoms with Crippen LogP contribution < -0.4 is 0 Å². The molecule has 4 aromatic rings. The summed E-state index contributed by atoms with van der Waals surface area (Å²) in [4.78, 5) is 4.10. The summed E-state index contributed by atoms with van der Waals surface area (Å²) in [6.07, 6.45) is 5.59. The lowest BCUT2D eigenvalue weighted by atomic mass is 10.0. The van der Waals surface area contributed by atoms with E-state index in [0.29, 0.717) is 0 Å². The minimum Gasteiger partial charge on any atom is -0.456 e. The maximum Gasteiger partial charge on any atom is 0.135 e. The fourth-order valence-electron chi connectivity index (χ4n) is 2.59. The molecule has 2 aromatic carbocycles. The molecule has 2 heterocycles. The van der Waals surface area contributed by atoms with E-state index in [9.17, 15) is 0 Å². The number of rotatable bonds is 3. The Labute approximate surface area is 122 Å². The lowest BCUT2D eigenvalue weighted by molar-refractivity contribution is 0.629. The third-order valence-electron chi connectivity index (χ3n) is 3.62. The Bertz CT molecular complexity index is 842. The lowest BCUT2D eigenvalue weighted by Gasteiger charge is -2.07. The van der Waals surface area contributed by atoms with Crippen molar-refractivity contribution < 1.29 is 4.42 Å². The second kappa shape index (κ2) is 4.94. The van der Waals surface area contributed by atoms with Crippen molar-refractivity contribution in [1.82, 2.24) is 9.55 Å². The van der Waals surface area contributed by atoms with Gasteiger partial charge in [-0.2, -0.15) is 0 Å². The summed E-state index contributed by atoms with van der Waals surface area (Å²) in [5.41, 5.74) is 3.27. The van der Waals surface area contributed by atoms with Crippen LogP contribution in [0.5, 0.6) is 0 Å². The molecule has 21 heavy (non-hydrogen) atoms. The number of hydrogen-bond acceptors (Lipinski definition) is 2. The van der Waals surface area contributed by atoms with E-state index in [2.05, 4.69) is 39.9 Å². The maximum atomic E-state index is 5.99. The number of benzene rings is 2. The lowest BCUT2D eigenvalue weighted by Crippen LogP contribution is -1.98. The van der Waals surface area contributed by atoms with E-state index in [4.69, 9.17) is 4.42 Å². The molecule has 0 saturated carbocycles. The molecule has 0 amide bonds. The monoisotopic (exact) mass is 274 g/mol. The summed E-state index contributed by atoms with van der Waals surface area (Å²) >= 11 is 0. The predicted octanol–water partition coefficient (Wildman–Crippen LogP) is 4.34. The number of aromatic nitrogens is 2. The smallest absolute Gasteiger partial charge is 0.135 e. The van der Waals surface area contributed by atoms with Crippen LogP contribution >= 0.6 is 0 Å². The molecule has 0 aliphatic heterocycles. The number of hydrogen-bond donors (Lipinski definition) is 0. The molecule has 0 saturated heterocycles. The Kier molecular flexibility index (Phi) is 2.82. The molecule has 0 aliphatic carbocycles. The van der Waals surface area contributed by atoms with Crippen LogP contribution in [0.3, 0.4) is 0 Å². The SMILES string of the molecule is c1ccc(-c2cc3ccccc3o2)c(Cn2ccnc2)c1. The summed E-state index contributed by atoms with van der Waals surface area (Å²) in [5, 5.41) is 1.13. The first-order chi connectivity index (χ1) is 10.4. The van der Waals surface area contributed by atoms with Crippen molar-refractivity contribution in [2.75, 3.05) is 0 Å². The van der Waals surface area contributed by atoms with E-state index in [1.165, 1.54) is 5.56 Å². The van der Waals surface area contributed by atoms with Gasteiger partial charge in [-0.15, -0.1) is 0 Å².